The minimum atomic E-state index is -0.991. The van der Waals surface area contributed by atoms with Crippen molar-refractivity contribution in [2.75, 3.05) is 32.8 Å². The first-order valence-corrected chi connectivity index (χ1v) is 7.36. The first-order valence-electron chi connectivity index (χ1n) is 7.36. The van der Waals surface area contributed by atoms with E-state index in [4.69, 9.17) is 4.74 Å². The standard InChI is InChI=1S/C14H24N2O4/c1-10(2)11-3-5-15(6-4-11)14(19)16-7-8-20-9-12(16)13(17)18/h10-12H,3-9H2,1-2H3,(H,17,18). The smallest absolute Gasteiger partial charge is 0.328 e. The Kier molecular flexibility index (Phi) is 4.86. The number of aliphatic carboxylic acids is 1. The van der Waals surface area contributed by atoms with Gasteiger partial charge >= 0.3 is 12.0 Å². The quantitative estimate of drug-likeness (QED) is 0.828. The lowest BCUT2D eigenvalue weighted by Gasteiger charge is -2.40. The summed E-state index contributed by atoms with van der Waals surface area (Å²) in [5.41, 5.74) is 0. The van der Waals surface area contributed by atoms with Crippen molar-refractivity contribution < 1.29 is 19.4 Å². The number of piperidine rings is 1. The molecule has 0 aromatic rings. The van der Waals surface area contributed by atoms with Crippen LogP contribution in [0.5, 0.6) is 0 Å². The van der Waals surface area contributed by atoms with Gasteiger partial charge in [-0.05, 0) is 24.7 Å². The van der Waals surface area contributed by atoms with E-state index in [1.54, 1.807) is 4.90 Å². The summed E-state index contributed by atoms with van der Waals surface area (Å²) in [6, 6.07) is -0.998. The van der Waals surface area contributed by atoms with E-state index in [-0.39, 0.29) is 12.6 Å². The van der Waals surface area contributed by atoms with Crippen LogP contribution in [-0.2, 0) is 9.53 Å². The van der Waals surface area contributed by atoms with Crippen molar-refractivity contribution in [3.05, 3.63) is 0 Å². The van der Waals surface area contributed by atoms with E-state index in [9.17, 15) is 14.7 Å². The van der Waals surface area contributed by atoms with Crippen molar-refractivity contribution in [3.8, 4) is 0 Å². The Morgan fingerprint density at radius 1 is 1.20 bits per heavy atom. The van der Waals surface area contributed by atoms with Gasteiger partial charge in [0, 0.05) is 19.6 Å². The van der Waals surface area contributed by atoms with Gasteiger partial charge in [0.1, 0.15) is 0 Å². The van der Waals surface area contributed by atoms with E-state index < -0.39 is 12.0 Å². The number of nitrogens with zero attached hydrogens (tertiary/aromatic N) is 2. The van der Waals surface area contributed by atoms with Gasteiger partial charge in [0.15, 0.2) is 6.04 Å². The second kappa shape index (κ2) is 6.43. The number of likely N-dealkylation sites (tertiary alicyclic amines) is 1. The SMILES string of the molecule is CC(C)C1CCN(C(=O)N2CCOCC2C(=O)O)CC1. The third kappa shape index (κ3) is 3.23. The maximum atomic E-state index is 12.5. The van der Waals surface area contributed by atoms with Crippen molar-refractivity contribution in [2.45, 2.75) is 32.7 Å². The minimum Gasteiger partial charge on any atom is -0.480 e. The van der Waals surface area contributed by atoms with Crippen LogP contribution in [-0.4, -0.2) is 65.8 Å². The van der Waals surface area contributed by atoms with Crippen LogP contribution in [0.3, 0.4) is 0 Å². The zero-order valence-corrected chi connectivity index (χ0v) is 12.2. The summed E-state index contributed by atoms with van der Waals surface area (Å²) in [5.74, 6) is 0.316. The molecule has 0 aliphatic carbocycles. The second-order valence-corrected chi connectivity index (χ2v) is 5.97. The molecule has 0 aromatic carbocycles. The highest BCUT2D eigenvalue weighted by molar-refractivity contribution is 5.83. The zero-order chi connectivity index (χ0) is 14.7. The van der Waals surface area contributed by atoms with Gasteiger partial charge < -0.3 is 19.6 Å². The predicted octanol–water partition coefficient (Wildman–Crippen LogP) is 1.26. The van der Waals surface area contributed by atoms with Gasteiger partial charge in [-0.15, -0.1) is 0 Å². The molecule has 2 aliphatic heterocycles. The number of hydrogen-bond acceptors (Lipinski definition) is 3. The van der Waals surface area contributed by atoms with Crippen LogP contribution in [0.15, 0.2) is 0 Å². The van der Waals surface area contributed by atoms with Crippen LogP contribution >= 0.6 is 0 Å². The van der Waals surface area contributed by atoms with Crippen molar-refractivity contribution in [2.24, 2.45) is 11.8 Å². The molecule has 0 bridgehead atoms. The zero-order valence-electron chi connectivity index (χ0n) is 12.2. The summed E-state index contributed by atoms with van der Waals surface area (Å²) in [6.45, 7) is 6.74. The molecule has 0 saturated carbocycles. The van der Waals surface area contributed by atoms with Crippen molar-refractivity contribution in [1.29, 1.82) is 0 Å². The summed E-state index contributed by atoms with van der Waals surface area (Å²) in [4.78, 5) is 26.9. The van der Waals surface area contributed by atoms with E-state index in [1.807, 2.05) is 0 Å². The fourth-order valence-electron chi connectivity index (χ4n) is 2.98. The number of ether oxygens (including phenoxy) is 1. The highest BCUT2D eigenvalue weighted by atomic mass is 16.5. The molecule has 2 saturated heterocycles. The van der Waals surface area contributed by atoms with Crippen LogP contribution in [0.2, 0.25) is 0 Å². The van der Waals surface area contributed by atoms with Gasteiger partial charge in [-0.25, -0.2) is 9.59 Å². The number of carboxylic acids is 1. The molecule has 114 valence electrons. The van der Waals surface area contributed by atoms with Crippen molar-refractivity contribution in [3.63, 3.8) is 0 Å². The van der Waals surface area contributed by atoms with Crippen LogP contribution in [0, 0.1) is 11.8 Å². The van der Waals surface area contributed by atoms with Crippen LogP contribution in [0.25, 0.3) is 0 Å². The van der Waals surface area contributed by atoms with Crippen molar-refractivity contribution in [1.82, 2.24) is 9.80 Å². The fourth-order valence-corrected chi connectivity index (χ4v) is 2.98. The normalized spacial score (nSPS) is 25.1. The van der Waals surface area contributed by atoms with Crippen molar-refractivity contribution >= 4 is 12.0 Å². The Labute approximate surface area is 119 Å². The first kappa shape index (κ1) is 15.1. The number of urea groups is 1. The fraction of sp³-hybridized carbons (Fsp3) is 0.857. The van der Waals surface area contributed by atoms with Gasteiger partial charge in [0.2, 0.25) is 0 Å². The number of hydrogen-bond donors (Lipinski definition) is 1. The van der Waals surface area contributed by atoms with Crippen LogP contribution in [0.4, 0.5) is 4.79 Å². The van der Waals surface area contributed by atoms with Crippen LogP contribution in [0.1, 0.15) is 26.7 Å². The third-order valence-corrected chi connectivity index (χ3v) is 4.41. The first-order chi connectivity index (χ1) is 9.50. The number of carbonyl (C=O) groups is 2. The summed E-state index contributed by atoms with van der Waals surface area (Å²) >= 11 is 0. The monoisotopic (exact) mass is 284 g/mol. The van der Waals surface area contributed by atoms with Gasteiger partial charge in [-0.2, -0.15) is 0 Å². The largest absolute Gasteiger partial charge is 0.480 e. The number of carboxylic acid groups (broad SMARTS) is 1. The minimum absolute atomic E-state index is 0.0868. The molecule has 0 radical (unpaired) electrons. The molecule has 0 aromatic heterocycles. The Morgan fingerprint density at radius 2 is 1.85 bits per heavy atom. The van der Waals surface area contributed by atoms with E-state index in [0.29, 0.717) is 25.0 Å². The predicted molar refractivity (Wildman–Crippen MR) is 73.5 cm³/mol. The lowest BCUT2D eigenvalue weighted by molar-refractivity contribution is -0.147. The lowest BCUT2D eigenvalue weighted by atomic mass is 9.87. The molecule has 20 heavy (non-hydrogen) atoms. The lowest BCUT2D eigenvalue weighted by Crippen LogP contribution is -2.57. The Balaban J connectivity index is 1.95. The molecular formula is C14H24N2O4. The molecule has 2 heterocycles. The second-order valence-electron chi connectivity index (χ2n) is 5.97. The summed E-state index contributed by atoms with van der Waals surface area (Å²) < 4.78 is 5.17. The van der Waals surface area contributed by atoms with Gasteiger partial charge in [0.05, 0.1) is 13.2 Å². The average Bonchev–Trinajstić information content (AvgIpc) is 2.46. The van der Waals surface area contributed by atoms with Gasteiger partial charge in [-0.3, -0.25) is 0 Å². The summed E-state index contributed by atoms with van der Waals surface area (Å²) in [7, 11) is 0. The van der Waals surface area contributed by atoms with E-state index >= 15 is 0 Å². The van der Waals surface area contributed by atoms with Gasteiger partial charge in [0.25, 0.3) is 0 Å². The molecule has 0 spiro atoms. The molecule has 6 nitrogen and oxygen atoms in total. The molecule has 1 N–H and O–H groups in total. The number of rotatable bonds is 2. The Hall–Kier alpha value is -1.30. The maximum absolute atomic E-state index is 12.5. The number of carbonyl (C=O) groups excluding carboxylic acids is 1. The topological polar surface area (TPSA) is 70.1 Å². The Morgan fingerprint density at radius 3 is 2.40 bits per heavy atom. The molecule has 1 unspecified atom stereocenters. The molecule has 2 aliphatic rings. The van der Waals surface area contributed by atoms with Gasteiger partial charge in [-0.1, -0.05) is 13.8 Å². The summed E-state index contributed by atoms with van der Waals surface area (Å²) in [5, 5.41) is 9.18. The van der Waals surface area contributed by atoms with E-state index in [2.05, 4.69) is 13.8 Å². The highest BCUT2D eigenvalue weighted by Crippen LogP contribution is 2.25. The third-order valence-electron chi connectivity index (χ3n) is 4.41. The highest BCUT2D eigenvalue weighted by Gasteiger charge is 2.36. The molecular weight excluding hydrogens is 260 g/mol. The maximum Gasteiger partial charge on any atom is 0.328 e. The molecule has 1 atom stereocenters. The number of morpholine rings is 1. The van der Waals surface area contributed by atoms with E-state index in [0.717, 1.165) is 25.9 Å². The molecule has 6 heteroatoms. The molecule has 2 fully saturated rings. The number of amides is 2. The Bertz CT molecular complexity index is 364. The molecule has 2 rings (SSSR count). The van der Waals surface area contributed by atoms with Crippen LogP contribution < -0.4 is 0 Å². The summed E-state index contributed by atoms with van der Waals surface area (Å²) in [6.07, 6.45) is 2.01. The molecule has 2 amide bonds. The van der Waals surface area contributed by atoms with E-state index in [1.165, 1.54) is 4.90 Å². The average molecular weight is 284 g/mol.